The van der Waals surface area contributed by atoms with E-state index in [1.54, 1.807) is 18.2 Å². The van der Waals surface area contributed by atoms with Crippen molar-refractivity contribution >= 4 is 58.1 Å². The summed E-state index contributed by atoms with van der Waals surface area (Å²) in [4.78, 5) is 15.5. The van der Waals surface area contributed by atoms with Crippen molar-refractivity contribution in [2.45, 2.75) is 10.8 Å². The first-order chi connectivity index (χ1) is 9.45. The number of anilines is 1. The van der Waals surface area contributed by atoms with Crippen LogP contribution in [0.3, 0.4) is 0 Å². The van der Waals surface area contributed by atoms with Gasteiger partial charge in [0.05, 0.1) is 10.6 Å². The molecule has 8 heteroatoms. The molecule has 1 aromatic carbocycles. The highest BCUT2D eigenvalue weighted by molar-refractivity contribution is 8.01. The van der Waals surface area contributed by atoms with Crippen molar-refractivity contribution in [1.29, 1.82) is 0 Å². The fourth-order valence-electron chi connectivity index (χ4n) is 1.50. The molecule has 0 radical (unpaired) electrons. The molecular weight excluding hydrogens is 339 g/mol. The molecule has 2 aromatic rings. The molecule has 0 spiro atoms. The quantitative estimate of drug-likeness (QED) is 0.803. The zero-order valence-corrected chi connectivity index (χ0v) is 13.2. The third kappa shape index (κ3) is 4.02. The van der Waals surface area contributed by atoms with Crippen molar-refractivity contribution in [3.8, 4) is 0 Å². The van der Waals surface area contributed by atoms with Gasteiger partial charge >= 0.3 is 5.97 Å². The Hall–Kier alpha value is -0.950. The summed E-state index contributed by atoms with van der Waals surface area (Å²) in [5.74, 6) is -0.522. The van der Waals surface area contributed by atoms with Gasteiger partial charge in [0.15, 0.2) is 4.34 Å². The minimum absolute atomic E-state index is 0.0374. The predicted molar refractivity (Wildman–Crippen MR) is 84.2 cm³/mol. The van der Waals surface area contributed by atoms with Crippen molar-refractivity contribution in [1.82, 2.24) is 4.98 Å². The van der Waals surface area contributed by atoms with E-state index in [1.807, 2.05) is 0 Å². The van der Waals surface area contributed by atoms with E-state index in [2.05, 4.69) is 4.98 Å². The molecule has 4 nitrogen and oxygen atoms in total. The Morgan fingerprint density at radius 3 is 2.90 bits per heavy atom. The second-order valence-corrected chi connectivity index (χ2v) is 7.03. The Bertz CT molecular complexity index is 646. The van der Waals surface area contributed by atoms with Crippen molar-refractivity contribution in [3.05, 3.63) is 38.7 Å². The van der Waals surface area contributed by atoms with Gasteiger partial charge in [-0.05, 0) is 23.8 Å². The summed E-state index contributed by atoms with van der Waals surface area (Å²) in [5.41, 5.74) is 6.71. The largest absolute Gasteiger partial charge is 0.481 e. The molecule has 0 atom stereocenters. The molecule has 0 fully saturated rings. The van der Waals surface area contributed by atoms with E-state index in [1.165, 1.54) is 11.3 Å². The third-order valence-electron chi connectivity index (χ3n) is 2.39. The summed E-state index contributed by atoms with van der Waals surface area (Å²) in [6, 6.07) is 5.24. The molecule has 2 rings (SSSR count). The molecule has 3 N–H and O–H groups in total. The van der Waals surface area contributed by atoms with Gasteiger partial charge in [0, 0.05) is 16.5 Å². The van der Waals surface area contributed by atoms with Crippen LogP contribution in [0, 0.1) is 0 Å². The molecule has 0 bridgehead atoms. The highest BCUT2D eigenvalue weighted by atomic mass is 35.5. The molecule has 1 aromatic heterocycles. The summed E-state index contributed by atoms with van der Waals surface area (Å²) >= 11 is 14.6. The number of carbonyl (C=O) groups is 1. The van der Waals surface area contributed by atoms with Crippen LogP contribution < -0.4 is 5.73 Å². The van der Waals surface area contributed by atoms with Crippen LogP contribution in [0.4, 0.5) is 5.82 Å². The van der Waals surface area contributed by atoms with E-state index in [9.17, 15) is 4.79 Å². The van der Waals surface area contributed by atoms with Crippen LogP contribution in [-0.2, 0) is 11.2 Å². The van der Waals surface area contributed by atoms with Crippen LogP contribution >= 0.6 is 46.3 Å². The highest BCUT2D eigenvalue weighted by Gasteiger charge is 2.12. The van der Waals surface area contributed by atoms with Crippen molar-refractivity contribution in [2.24, 2.45) is 0 Å². The number of rotatable bonds is 5. The number of aliphatic carboxylic acids is 1. The Balaban J connectivity index is 2.17. The first kappa shape index (κ1) is 15.4. The Morgan fingerprint density at radius 2 is 2.20 bits per heavy atom. The fourth-order valence-corrected chi connectivity index (χ4v) is 3.74. The predicted octanol–water partition coefficient (Wildman–Crippen LogP) is 3.80. The summed E-state index contributed by atoms with van der Waals surface area (Å²) in [7, 11) is 0. The number of thioether (sulfide) groups is 1. The van der Waals surface area contributed by atoms with E-state index in [0.29, 0.717) is 26.6 Å². The maximum absolute atomic E-state index is 10.5. The van der Waals surface area contributed by atoms with Crippen LogP contribution in [0.2, 0.25) is 10.0 Å². The molecule has 1 heterocycles. The lowest BCUT2D eigenvalue weighted by Gasteiger charge is -2.03. The number of nitrogens with two attached hydrogens (primary N) is 1. The molecular formula is C12H10Cl2N2O2S2. The van der Waals surface area contributed by atoms with Gasteiger partial charge in [0.2, 0.25) is 0 Å². The average molecular weight is 349 g/mol. The molecule has 0 aliphatic heterocycles. The van der Waals surface area contributed by atoms with E-state index >= 15 is 0 Å². The summed E-state index contributed by atoms with van der Waals surface area (Å²) in [6.45, 7) is 0. The van der Waals surface area contributed by atoms with Crippen LogP contribution in [0.25, 0.3) is 0 Å². The minimum atomic E-state index is -0.886. The second-order valence-electron chi connectivity index (χ2n) is 3.88. The Labute approximate surface area is 133 Å². The number of hydrogen-bond donors (Lipinski definition) is 2. The van der Waals surface area contributed by atoms with Crippen LogP contribution in [0.15, 0.2) is 22.5 Å². The van der Waals surface area contributed by atoms with Gasteiger partial charge in [-0.2, -0.15) is 0 Å². The SMILES string of the molecule is Nc1nc(SCC(=O)O)sc1Cc1cc(Cl)ccc1Cl. The molecule has 0 aliphatic carbocycles. The van der Waals surface area contributed by atoms with Crippen LogP contribution in [-0.4, -0.2) is 21.8 Å². The van der Waals surface area contributed by atoms with E-state index in [4.69, 9.17) is 34.0 Å². The second kappa shape index (κ2) is 6.67. The molecule has 0 unspecified atom stereocenters. The number of nitrogens with zero attached hydrogens (tertiary/aromatic N) is 1. The van der Waals surface area contributed by atoms with Crippen molar-refractivity contribution in [2.75, 3.05) is 11.5 Å². The Morgan fingerprint density at radius 1 is 1.45 bits per heavy atom. The maximum Gasteiger partial charge on any atom is 0.313 e. The number of hydrogen-bond acceptors (Lipinski definition) is 5. The molecule has 0 saturated heterocycles. The lowest BCUT2D eigenvalue weighted by atomic mass is 10.1. The smallest absolute Gasteiger partial charge is 0.313 e. The monoisotopic (exact) mass is 348 g/mol. The lowest BCUT2D eigenvalue weighted by molar-refractivity contribution is -0.133. The van der Waals surface area contributed by atoms with Crippen LogP contribution in [0.5, 0.6) is 0 Å². The van der Waals surface area contributed by atoms with E-state index < -0.39 is 5.97 Å². The van der Waals surface area contributed by atoms with Crippen LogP contribution in [0.1, 0.15) is 10.4 Å². The number of aromatic nitrogens is 1. The van der Waals surface area contributed by atoms with Gasteiger partial charge in [-0.15, -0.1) is 11.3 Å². The number of nitrogen functional groups attached to an aromatic ring is 1. The van der Waals surface area contributed by atoms with Gasteiger partial charge in [-0.1, -0.05) is 35.0 Å². The number of benzene rings is 1. The highest BCUT2D eigenvalue weighted by Crippen LogP contribution is 2.32. The molecule has 20 heavy (non-hydrogen) atoms. The molecule has 0 amide bonds. The van der Waals surface area contributed by atoms with Crippen molar-refractivity contribution < 1.29 is 9.90 Å². The molecule has 0 saturated carbocycles. The number of carboxylic acid groups (broad SMARTS) is 1. The fraction of sp³-hybridized carbons (Fsp3) is 0.167. The van der Waals surface area contributed by atoms with Gasteiger partial charge in [-0.3, -0.25) is 4.79 Å². The first-order valence-corrected chi connectivity index (χ1v) is 8.05. The van der Waals surface area contributed by atoms with Gasteiger partial charge in [0.25, 0.3) is 0 Å². The maximum atomic E-state index is 10.5. The minimum Gasteiger partial charge on any atom is -0.481 e. The van der Waals surface area contributed by atoms with Gasteiger partial charge in [0.1, 0.15) is 5.82 Å². The molecule has 0 aliphatic rings. The average Bonchev–Trinajstić information content (AvgIpc) is 2.72. The zero-order chi connectivity index (χ0) is 14.7. The first-order valence-electron chi connectivity index (χ1n) is 5.49. The number of thiazole rings is 1. The third-order valence-corrected chi connectivity index (χ3v) is 5.19. The normalized spacial score (nSPS) is 10.7. The van der Waals surface area contributed by atoms with E-state index in [-0.39, 0.29) is 5.75 Å². The van der Waals surface area contributed by atoms with Gasteiger partial charge < -0.3 is 10.8 Å². The van der Waals surface area contributed by atoms with Gasteiger partial charge in [-0.25, -0.2) is 4.98 Å². The van der Waals surface area contributed by atoms with Crippen molar-refractivity contribution in [3.63, 3.8) is 0 Å². The number of carboxylic acids is 1. The Kier molecular flexibility index (Phi) is 5.15. The van der Waals surface area contributed by atoms with E-state index in [0.717, 1.165) is 22.2 Å². The molecule has 106 valence electrons. The summed E-state index contributed by atoms with van der Waals surface area (Å²) < 4.78 is 0.637. The topological polar surface area (TPSA) is 76.2 Å². The standard InChI is InChI=1S/C12H10Cl2N2O2S2/c13-7-1-2-8(14)6(3-7)4-9-11(15)16-12(20-9)19-5-10(17)18/h1-3H,4-5,15H2,(H,17,18). The summed E-state index contributed by atoms with van der Waals surface area (Å²) in [6.07, 6.45) is 0.524. The summed E-state index contributed by atoms with van der Waals surface area (Å²) in [5, 5.41) is 9.86. The zero-order valence-electron chi connectivity index (χ0n) is 10.1. The lowest BCUT2D eigenvalue weighted by Crippen LogP contribution is -1.97. The number of halogens is 2.